The normalized spacial score (nSPS) is 11.3. The Morgan fingerprint density at radius 1 is 0.957 bits per heavy atom. The van der Waals surface area contributed by atoms with E-state index in [1.165, 1.54) is 12.1 Å². The molecule has 0 radical (unpaired) electrons. The highest BCUT2D eigenvalue weighted by Gasteiger charge is 2.15. The monoisotopic (exact) mass is 306 g/mol. The highest BCUT2D eigenvalue weighted by molar-refractivity contribution is 6.09. The van der Waals surface area contributed by atoms with Gasteiger partial charge in [0.2, 0.25) is 0 Å². The van der Waals surface area contributed by atoms with Crippen LogP contribution in [-0.2, 0) is 0 Å². The molecule has 0 fully saturated rings. The van der Waals surface area contributed by atoms with E-state index in [1.54, 1.807) is 19.2 Å². The van der Waals surface area contributed by atoms with Crippen molar-refractivity contribution in [3.05, 3.63) is 66.1 Å². The second kappa shape index (κ2) is 5.09. The Morgan fingerprint density at radius 3 is 2.35 bits per heavy atom. The Kier molecular flexibility index (Phi) is 3.05. The molecule has 0 bridgehead atoms. The van der Waals surface area contributed by atoms with Crippen molar-refractivity contribution in [2.45, 2.75) is 6.92 Å². The Hall–Kier alpha value is -2.88. The van der Waals surface area contributed by atoms with Gasteiger partial charge in [0.25, 0.3) is 0 Å². The molecule has 0 saturated carbocycles. The second-order valence-electron chi connectivity index (χ2n) is 5.49. The zero-order chi connectivity index (χ0) is 16.0. The molecule has 4 heteroatoms. The summed E-state index contributed by atoms with van der Waals surface area (Å²) in [5, 5.41) is 7.78. The number of rotatable bonds is 2. The quantitative estimate of drug-likeness (QED) is 0.539. The van der Waals surface area contributed by atoms with Gasteiger partial charge in [0.1, 0.15) is 11.6 Å². The van der Waals surface area contributed by atoms with E-state index in [2.05, 4.69) is 11.2 Å². The van der Waals surface area contributed by atoms with Crippen molar-refractivity contribution < 1.29 is 9.13 Å². The lowest BCUT2D eigenvalue weighted by atomic mass is 10.0. The highest BCUT2D eigenvalue weighted by Crippen LogP contribution is 2.35. The third-order valence-electron chi connectivity index (χ3n) is 4.12. The molecule has 1 aromatic heterocycles. The first kappa shape index (κ1) is 13.8. The van der Waals surface area contributed by atoms with Gasteiger partial charge in [-0.15, -0.1) is 0 Å². The molecule has 3 nitrogen and oxygen atoms in total. The fraction of sp³-hybridized carbons (Fsp3) is 0.105. The predicted molar refractivity (Wildman–Crippen MR) is 89.8 cm³/mol. The first-order valence-electron chi connectivity index (χ1n) is 7.40. The Bertz CT molecular complexity index is 1020. The number of nitrogens with zero attached hydrogens (tertiary/aromatic N) is 2. The molecule has 0 saturated heterocycles. The average Bonchev–Trinajstić information content (AvgIpc) is 2.92. The van der Waals surface area contributed by atoms with Crippen molar-refractivity contribution in [3.8, 4) is 11.4 Å². The fourth-order valence-electron chi connectivity index (χ4n) is 3.02. The fourth-order valence-corrected chi connectivity index (χ4v) is 3.02. The molecule has 3 aromatic carbocycles. The van der Waals surface area contributed by atoms with Crippen LogP contribution < -0.4 is 4.74 Å². The molecule has 0 atom stereocenters. The molecule has 0 aliphatic rings. The number of ether oxygens (including phenoxy) is 1. The first-order valence-corrected chi connectivity index (χ1v) is 7.40. The third-order valence-corrected chi connectivity index (χ3v) is 4.12. The number of benzene rings is 3. The van der Waals surface area contributed by atoms with Gasteiger partial charge >= 0.3 is 0 Å². The van der Waals surface area contributed by atoms with Crippen LogP contribution in [-0.4, -0.2) is 16.9 Å². The number of hydrogen-bond acceptors (Lipinski definition) is 2. The smallest absolute Gasteiger partial charge is 0.127 e. The summed E-state index contributed by atoms with van der Waals surface area (Å²) in [6, 6.07) is 16.5. The summed E-state index contributed by atoms with van der Waals surface area (Å²) in [6.45, 7) is 1.97. The molecule has 1 heterocycles. The van der Waals surface area contributed by atoms with Crippen LogP contribution in [0.25, 0.3) is 27.4 Å². The Morgan fingerprint density at radius 2 is 1.65 bits per heavy atom. The number of hydrogen-bond donors (Lipinski definition) is 0. The molecule has 0 aliphatic carbocycles. The maximum Gasteiger partial charge on any atom is 0.127 e. The van der Waals surface area contributed by atoms with Gasteiger partial charge in [0.05, 0.1) is 24.0 Å². The summed E-state index contributed by atoms with van der Waals surface area (Å²) >= 11 is 0. The maximum atomic E-state index is 13.2. The lowest BCUT2D eigenvalue weighted by Gasteiger charge is -2.09. The maximum absolute atomic E-state index is 13.2. The third kappa shape index (κ3) is 2.06. The molecular weight excluding hydrogens is 291 g/mol. The van der Waals surface area contributed by atoms with Crippen LogP contribution in [0.5, 0.6) is 5.75 Å². The van der Waals surface area contributed by atoms with Gasteiger partial charge in [-0.3, -0.25) is 0 Å². The minimum absolute atomic E-state index is 0.256. The van der Waals surface area contributed by atoms with Crippen molar-refractivity contribution in [2.75, 3.05) is 7.11 Å². The van der Waals surface area contributed by atoms with E-state index in [9.17, 15) is 4.39 Å². The molecule has 4 aromatic rings. The number of aromatic nitrogens is 2. The van der Waals surface area contributed by atoms with E-state index in [0.29, 0.717) is 0 Å². The summed E-state index contributed by atoms with van der Waals surface area (Å²) < 4.78 is 20.6. The van der Waals surface area contributed by atoms with Crippen LogP contribution in [0.2, 0.25) is 0 Å². The van der Waals surface area contributed by atoms with Gasteiger partial charge in [-0.05, 0) is 37.3 Å². The lowest BCUT2D eigenvalue weighted by molar-refractivity contribution is 0.420. The van der Waals surface area contributed by atoms with Crippen molar-refractivity contribution in [3.63, 3.8) is 0 Å². The van der Waals surface area contributed by atoms with Crippen LogP contribution in [0.15, 0.2) is 54.6 Å². The Balaban J connectivity index is 2.14. The zero-order valence-corrected chi connectivity index (χ0v) is 12.9. The first-order chi connectivity index (χ1) is 11.2. The van der Waals surface area contributed by atoms with Crippen LogP contribution in [0.4, 0.5) is 4.39 Å². The van der Waals surface area contributed by atoms with E-state index >= 15 is 0 Å². The Labute approximate surface area is 132 Å². The molecular formula is C19H15FN2O. The van der Waals surface area contributed by atoms with E-state index in [1.807, 2.05) is 35.9 Å². The van der Waals surface area contributed by atoms with Gasteiger partial charge in [0, 0.05) is 16.2 Å². The van der Waals surface area contributed by atoms with Crippen LogP contribution >= 0.6 is 0 Å². The topological polar surface area (TPSA) is 27.1 Å². The van der Waals surface area contributed by atoms with Crippen molar-refractivity contribution >= 4 is 21.7 Å². The van der Waals surface area contributed by atoms with Crippen LogP contribution in [0.3, 0.4) is 0 Å². The minimum atomic E-state index is -0.256. The summed E-state index contributed by atoms with van der Waals surface area (Å²) in [5.41, 5.74) is 2.75. The molecule has 114 valence electrons. The molecule has 0 N–H and O–H groups in total. The van der Waals surface area contributed by atoms with E-state index < -0.39 is 0 Å². The van der Waals surface area contributed by atoms with Crippen LogP contribution in [0, 0.1) is 12.7 Å². The summed E-state index contributed by atoms with van der Waals surface area (Å²) in [4.78, 5) is 0. The van der Waals surface area contributed by atoms with E-state index in [-0.39, 0.29) is 5.82 Å². The van der Waals surface area contributed by atoms with E-state index in [4.69, 9.17) is 4.74 Å². The molecule has 0 amide bonds. The van der Waals surface area contributed by atoms with Gasteiger partial charge in [-0.25, -0.2) is 9.07 Å². The zero-order valence-electron chi connectivity index (χ0n) is 12.9. The largest absolute Gasteiger partial charge is 0.496 e. The van der Waals surface area contributed by atoms with Gasteiger partial charge < -0.3 is 4.74 Å². The second-order valence-corrected chi connectivity index (χ2v) is 5.49. The molecule has 0 aliphatic heterocycles. The van der Waals surface area contributed by atoms with Crippen LogP contribution in [0.1, 0.15) is 5.69 Å². The standard InChI is InChI=1S/C19H15FN2O/c1-12-17-11-18(23-2)15-5-3-4-6-16(15)19(17)22(21-12)14-9-7-13(20)8-10-14/h3-11H,1-2H3. The van der Waals surface area contributed by atoms with Gasteiger partial charge in [-0.2, -0.15) is 5.10 Å². The summed E-state index contributed by atoms with van der Waals surface area (Å²) in [5.74, 6) is 0.573. The molecule has 4 rings (SSSR count). The summed E-state index contributed by atoms with van der Waals surface area (Å²) in [6.07, 6.45) is 0. The number of methoxy groups -OCH3 is 1. The van der Waals surface area contributed by atoms with Crippen molar-refractivity contribution in [2.24, 2.45) is 0 Å². The van der Waals surface area contributed by atoms with Gasteiger partial charge in [0.15, 0.2) is 0 Å². The minimum Gasteiger partial charge on any atom is -0.496 e. The molecule has 23 heavy (non-hydrogen) atoms. The molecule has 0 unspecified atom stereocenters. The molecule has 0 spiro atoms. The van der Waals surface area contributed by atoms with Crippen molar-refractivity contribution in [1.29, 1.82) is 0 Å². The number of aryl methyl sites for hydroxylation is 1. The van der Waals surface area contributed by atoms with E-state index in [0.717, 1.165) is 38.8 Å². The number of fused-ring (bicyclic) bond motifs is 3. The average molecular weight is 306 g/mol. The number of halogens is 1. The summed E-state index contributed by atoms with van der Waals surface area (Å²) in [7, 11) is 1.67. The van der Waals surface area contributed by atoms with Crippen molar-refractivity contribution in [1.82, 2.24) is 9.78 Å². The predicted octanol–water partition coefficient (Wildman–Crippen LogP) is 4.63. The van der Waals surface area contributed by atoms with Gasteiger partial charge in [-0.1, -0.05) is 24.3 Å². The SMILES string of the molecule is COc1cc2c(C)nn(-c3ccc(F)cc3)c2c2ccccc12. The highest BCUT2D eigenvalue weighted by atomic mass is 19.1. The lowest BCUT2D eigenvalue weighted by Crippen LogP contribution is -1.97.